The SMILES string of the molecule is COC(=O)c1cccc(OC2CCC(C(=O)N(C)c3ccc(CN4CCN(C(=O)OC(C)(C)C)[C@@H](C)C4)c(C)c3)CC2)c1. The van der Waals surface area contributed by atoms with Crippen molar-refractivity contribution in [3.05, 3.63) is 59.2 Å². The summed E-state index contributed by atoms with van der Waals surface area (Å²) in [5.74, 6) is 0.336. The maximum absolute atomic E-state index is 13.4. The van der Waals surface area contributed by atoms with Gasteiger partial charge >= 0.3 is 12.1 Å². The quantitative estimate of drug-likeness (QED) is 0.374. The average Bonchev–Trinajstić information content (AvgIpc) is 2.96. The second kappa shape index (κ2) is 13.8. The highest BCUT2D eigenvalue weighted by Crippen LogP contribution is 2.31. The Morgan fingerprint density at radius 1 is 1.00 bits per heavy atom. The minimum atomic E-state index is -0.504. The maximum Gasteiger partial charge on any atom is 0.410 e. The van der Waals surface area contributed by atoms with E-state index >= 15 is 0 Å². The normalized spacial score (nSPS) is 21.2. The Balaban J connectivity index is 1.28. The van der Waals surface area contributed by atoms with Crippen molar-refractivity contribution >= 4 is 23.7 Å². The van der Waals surface area contributed by atoms with Crippen LogP contribution in [0.15, 0.2) is 42.5 Å². The van der Waals surface area contributed by atoms with Crippen LogP contribution in [-0.2, 0) is 20.8 Å². The van der Waals surface area contributed by atoms with Crippen LogP contribution in [0.1, 0.15) is 74.9 Å². The number of carbonyl (C=O) groups excluding carboxylic acids is 3. The van der Waals surface area contributed by atoms with E-state index in [1.165, 1.54) is 12.7 Å². The summed E-state index contributed by atoms with van der Waals surface area (Å²) in [5, 5.41) is 0. The summed E-state index contributed by atoms with van der Waals surface area (Å²) in [4.78, 5) is 43.8. The molecular formula is C34H47N3O6. The molecule has 9 heteroatoms. The Bertz CT molecular complexity index is 1300. The van der Waals surface area contributed by atoms with Crippen molar-refractivity contribution in [2.45, 2.75) is 84.6 Å². The van der Waals surface area contributed by atoms with Gasteiger partial charge in [0.2, 0.25) is 5.91 Å². The van der Waals surface area contributed by atoms with E-state index in [4.69, 9.17) is 14.2 Å². The summed E-state index contributed by atoms with van der Waals surface area (Å²) in [7, 11) is 3.22. The smallest absolute Gasteiger partial charge is 0.410 e. The summed E-state index contributed by atoms with van der Waals surface area (Å²) >= 11 is 0. The van der Waals surface area contributed by atoms with Gasteiger partial charge in [-0.25, -0.2) is 9.59 Å². The Kier molecular flexibility index (Phi) is 10.4. The molecule has 0 N–H and O–H groups in total. The van der Waals surface area contributed by atoms with Crippen molar-refractivity contribution < 1.29 is 28.6 Å². The molecular weight excluding hydrogens is 546 g/mol. The van der Waals surface area contributed by atoms with E-state index in [1.807, 2.05) is 44.9 Å². The van der Waals surface area contributed by atoms with Crippen molar-refractivity contribution in [1.29, 1.82) is 0 Å². The van der Waals surface area contributed by atoms with Gasteiger partial charge in [-0.15, -0.1) is 0 Å². The van der Waals surface area contributed by atoms with Crippen LogP contribution in [0.2, 0.25) is 0 Å². The van der Waals surface area contributed by atoms with Gasteiger partial charge in [-0.05, 0) is 102 Å². The lowest BCUT2D eigenvalue weighted by Gasteiger charge is -2.40. The maximum atomic E-state index is 13.4. The zero-order valence-electron chi connectivity index (χ0n) is 26.7. The van der Waals surface area contributed by atoms with Crippen LogP contribution in [0.3, 0.4) is 0 Å². The number of esters is 1. The van der Waals surface area contributed by atoms with Crippen molar-refractivity contribution in [3.63, 3.8) is 0 Å². The minimum absolute atomic E-state index is 0.0116. The molecule has 0 bridgehead atoms. The fourth-order valence-electron chi connectivity index (χ4n) is 5.91. The number of piperazine rings is 1. The van der Waals surface area contributed by atoms with E-state index in [9.17, 15) is 14.4 Å². The molecule has 234 valence electrons. The van der Waals surface area contributed by atoms with Crippen LogP contribution >= 0.6 is 0 Å². The van der Waals surface area contributed by atoms with Crippen LogP contribution < -0.4 is 9.64 Å². The highest BCUT2D eigenvalue weighted by atomic mass is 16.6. The van der Waals surface area contributed by atoms with Gasteiger partial charge in [0, 0.05) is 50.9 Å². The lowest BCUT2D eigenvalue weighted by atomic mass is 9.86. The number of ether oxygens (including phenoxy) is 3. The largest absolute Gasteiger partial charge is 0.490 e. The van der Waals surface area contributed by atoms with E-state index < -0.39 is 11.6 Å². The number of carbonyl (C=O) groups is 3. The number of nitrogens with zero attached hydrogens (tertiary/aromatic N) is 3. The number of methoxy groups -OCH3 is 1. The molecule has 0 unspecified atom stereocenters. The van der Waals surface area contributed by atoms with Gasteiger partial charge in [0.15, 0.2) is 0 Å². The number of anilines is 1. The topological polar surface area (TPSA) is 88.6 Å². The number of rotatable bonds is 7. The Labute approximate surface area is 256 Å². The molecule has 43 heavy (non-hydrogen) atoms. The van der Waals surface area contributed by atoms with Crippen LogP contribution in [-0.4, -0.2) is 79.3 Å². The summed E-state index contributed by atoms with van der Waals surface area (Å²) < 4.78 is 16.5. The first-order valence-electron chi connectivity index (χ1n) is 15.3. The number of benzene rings is 2. The highest BCUT2D eigenvalue weighted by Gasteiger charge is 2.32. The van der Waals surface area contributed by atoms with Gasteiger partial charge in [-0.3, -0.25) is 9.69 Å². The van der Waals surface area contributed by atoms with Gasteiger partial charge in [-0.2, -0.15) is 0 Å². The molecule has 2 fully saturated rings. The molecule has 4 rings (SSSR count). The van der Waals surface area contributed by atoms with Gasteiger partial charge in [0.25, 0.3) is 0 Å². The summed E-state index contributed by atoms with van der Waals surface area (Å²) in [6.45, 7) is 12.8. The predicted molar refractivity (Wildman–Crippen MR) is 166 cm³/mol. The van der Waals surface area contributed by atoms with Gasteiger partial charge in [0.05, 0.1) is 18.8 Å². The van der Waals surface area contributed by atoms with Crippen LogP contribution in [0.4, 0.5) is 10.5 Å². The van der Waals surface area contributed by atoms with Crippen LogP contribution in [0.5, 0.6) is 5.75 Å². The van der Waals surface area contributed by atoms with Gasteiger partial charge < -0.3 is 24.0 Å². The molecule has 1 atom stereocenters. The second-order valence-electron chi connectivity index (χ2n) is 12.9. The molecule has 1 aliphatic carbocycles. The zero-order valence-corrected chi connectivity index (χ0v) is 26.7. The summed E-state index contributed by atoms with van der Waals surface area (Å²) in [6, 6.07) is 13.3. The molecule has 2 aliphatic rings. The van der Waals surface area contributed by atoms with Crippen molar-refractivity contribution in [3.8, 4) is 5.75 Å². The Hall–Kier alpha value is -3.59. The number of hydrogen-bond donors (Lipinski definition) is 0. The molecule has 2 aromatic carbocycles. The van der Waals surface area contributed by atoms with E-state index in [0.29, 0.717) is 17.9 Å². The van der Waals surface area contributed by atoms with E-state index in [1.54, 1.807) is 23.1 Å². The molecule has 1 saturated heterocycles. The molecule has 0 spiro atoms. The first-order valence-corrected chi connectivity index (χ1v) is 15.3. The molecule has 2 amide bonds. The average molecular weight is 594 g/mol. The molecule has 1 heterocycles. The van der Waals surface area contributed by atoms with E-state index in [2.05, 4.69) is 30.9 Å². The Morgan fingerprint density at radius 2 is 1.72 bits per heavy atom. The molecule has 9 nitrogen and oxygen atoms in total. The van der Waals surface area contributed by atoms with Crippen LogP contribution in [0, 0.1) is 12.8 Å². The standard InChI is InChI=1S/C34H47N3O6/c1-23-19-28(14-11-27(23)22-36-17-18-37(24(2)21-36)33(40)43-34(3,4)5)35(6)31(38)25-12-15-29(16-13-25)42-30-10-8-9-26(20-30)32(39)41-7/h8-11,14,19-20,24-25,29H,12-13,15-18,21-22H2,1-7H3/t24-,25?,29?/m0/s1. The minimum Gasteiger partial charge on any atom is -0.490 e. The lowest BCUT2D eigenvalue weighted by molar-refractivity contribution is -0.123. The monoisotopic (exact) mass is 593 g/mol. The van der Waals surface area contributed by atoms with Gasteiger partial charge in [0.1, 0.15) is 11.4 Å². The third kappa shape index (κ3) is 8.50. The number of aryl methyl sites for hydroxylation is 1. The van der Waals surface area contributed by atoms with Crippen molar-refractivity contribution in [2.24, 2.45) is 5.92 Å². The van der Waals surface area contributed by atoms with Gasteiger partial charge in [-0.1, -0.05) is 12.1 Å². The first-order chi connectivity index (χ1) is 20.3. The van der Waals surface area contributed by atoms with Crippen LogP contribution in [0.25, 0.3) is 0 Å². The Morgan fingerprint density at radius 3 is 2.35 bits per heavy atom. The highest BCUT2D eigenvalue weighted by molar-refractivity contribution is 5.94. The first kappa shape index (κ1) is 32.3. The van der Waals surface area contributed by atoms with Crippen molar-refractivity contribution in [1.82, 2.24) is 9.80 Å². The zero-order chi connectivity index (χ0) is 31.3. The molecule has 1 saturated carbocycles. The third-order valence-corrected chi connectivity index (χ3v) is 8.36. The van der Waals surface area contributed by atoms with E-state index in [-0.39, 0.29) is 30.1 Å². The fraction of sp³-hybridized carbons (Fsp3) is 0.559. The molecule has 0 radical (unpaired) electrons. The fourth-order valence-corrected chi connectivity index (χ4v) is 5.91. The molecule has 1 aliphatic heterocycles. The van der Waals surface area contributed by atoms with Crippen molar-refractivity contribution in [2.75, 3.05) is 38.7 Å². The van der Waals surface area contributed by atoms with E-state index in [0.717, 1.165) is 56.6 Å². The molecule has 0 aromatic heterocycles. The third-order valence-electron chi connectivity index (χ3n) is 8.36. The molecule has 2 aromatic rings. The summed E-state index contributed by atoms with van der Waals surface area (Å²) in [5.41, 5.74) is 3.22. The second-order valence-corrected chi connectivity index (χ2v) is 12.9. The number of amides is 2. The number of hydrogen-bond acceptors (Lipinski definition) is 7. The summed E-state index contributed by atoms with van der Waals surface area (Å²) in [6.07, 6.45) is 2.84. The lowest BCUT2D eigenvalue weighted by Crippen LogP contribution is -2.54. The predicted octanol–water partition coefficient (Wildman–Crippen LogP) is 5.82.